The maximum Gasteiger partial charge on any atom is 0.191 e. The van der Waals surface area contributed by atoms with E-state index in [9.17, 15) is 0 Å². The summed E-state index contributed by atoms with van der Waals surface area (Å²) in [5.74, 6) is 2.43. The highest BCUT2D eigenvalue weighted by atomic mass is 32.2. The molecular weight excluding hydrogens is 448 g/mol. The second-order valence-corrected chi connectivity index (χ2v) is 10.8. The molecule has 0 amide bonds. The molecule has 2 aromatic heterocycles. The summed E-state index contributed by atoms with van der Waals surface area (Å²) in [7, 11) is 0. The Morgan fingerprint density at radius 2 is 1.73 bits per heavy atom. The number of aromatic nitrogens is 4. The van der Waals surface area contributed by atoms with Crippen LogP contribution in [0.4, 0.5) is 0 Å². The van der Waals surface area contributed by atoms with Gasteiger partial charge < -0.3 is 9.30 Å². The van der Waals surface area contributed by atoms with Crippen molar-refractivity contribution in [2.75, 3.05) is 0 Å². The molecule has 0 saturated heterocycles. The lowest BCUT2D eigenvalue weighted by Gasteiger charge is -2.19. The van der Waals surface area contributed by atoms with Crippen molar-refractivity contribution in [2.45, 2.75) is 64.1 Å². The predicted molar refractivity (Wildman–Crippen MR) is 137 cm³/mol. The molecule has 4 rings (SSSR count). The summed E-state index contributed by atoms with van der Waals surface area (Å²) in [4.78, 5) is 4.80. The third-order valence-corrected chi connectivity index (χ3v) is 7.34. The van der Waals surface area contributed by atoms with Gasteiger partial charge in [-0.15, -0.1) is 21.5 Å². The average Bonchev–Trinajstić information content (AvgIpc) is 3.43. The standard InChI is InChI=1S/C26H30N4OS2/c1-6-30-23(15-31-22-13-11-20(12-14-22)26(3,4)5)28-29-25(30)33-17-21-16-32-24(27-21)19-9-7-18(2)8-10-19/h7-14,16H,6,15,17H2,1-5H3. The molecule has 0 aliphatic carbocycles. The van der Waals surface area contributed by atoms with Crippen LogP contribution in [0.2, 0.25) is 0 Å². The van der Waals surface area contributed by atoms with E-state index >= 15 is 0 Å². The summed E-state index contributed by atoms with van der Waals surface area (Å²) >= 11 is 3.34. The van der Waals surface area contributed by atoms with E-state index in [-0.39, 0.29) is 5.41 Å². The van der Waals surface area contributed by atoms with Gasteiger partial charge in [-0.3, -0.25) is 0 Å². The highest BCUT2D eigenvalue weighted by Crippen LogP contribution is 2.28. The first-order valence-corrected chi connectivity index (χ1v) is 13.0. The number of ether oxygens (including phenoxy) is 1. The van der Waals surface area contributed by atoms with Crippen molar-refractivity contribution in [2.24, 2.45) is 0 Å². The van der Waals surface area contributed by atoms with Gasteiger partial charge in [-0.1, -0.05) is 74.5 Å². The van der Waals surface area contributed by atoms with Gasteiger partial charge in [0.05, 0.1) is 5.69 Å². The van der Waals surface area contributed by atoms with Crippen molar-refractivity contribution in [3.05, 3.63) is 76.6 Å². The lowest BCUT2D eigenvalue weighted by molar-refractivity contribution is 0.288. The van der Waals surface area contributed by atoms with Crippen LogP contribution in [0, 0.1) is 6.92 Å². The third-order valence-electron chi connectivity index (χ3n) is 5.40. The third kappa shape index (κ3) is 5.84. The monoisotopic (exact) mass is 478 g/mol. The van der Waals surface area contributed by atoms with E-state index in [2.05, 4.69) is 91.2 Å². The van der Waals surface area contributed by atoms with Crippen LogP contribution in [-0.2, 0) is 24.3 Å². The first-order valence-electron chi connectivity index (χ1n) is 11.1. The molecule has 0 saturated carbocycles. The van der Waals surface area contributed by atoms with Crippen LogP contribution in [0.3, 0.4) is 0 Å². The molecule has 2 aromatic carbocycles. The van der Waals surface area contributed by atoms with E-state index < -0.39 is 0 Å². The topological polar surface area (TPSA) is 52.8 Å². The molecule has 0 unspecified atom stereocenters. The molecule has 172 valence electrons. The number of benzene rings is 2. The predicted octanol–water partition coefficient (Wildman–Crippen LogP) is 6.90. The summed E-state index contributed by atoms with van der Waals surface area (Å²) < 4.78 is 8.11. The Balaban J connectivity index is 1.37. The Hall–Kier alpha value is -2.64. The number of thiazole rings is 1. The van der Waals surface area contributed by atoms with Crippen molar-refractivity contribution in [1.29, 1.82) is 0 Å². The number of rotatable bonds is 8. The number of thioether (sulfide) groups is 1. The zero-order valence-corrected chi connectivity index (χ0v) is 21.5. The second kappa shape index (κ2) is 10.1. The van der Waals surface area contributed by atoms with Crippen molar-refractivity contribution in [3.8, 4) is 16.3 Å². The fourth-order valence-electron chi connectivity index (χ4n) is 3.39. The number of aryl methyl sites for hydroxylation is 1. The second-order valence-electron chi connectivity index (χ2n) is 9.00. The molecule has 0 atom stereocenters. The van der Waals surface area contributed by atoms with Gasteiger partial charge in [-0.2, -0.15) is 0 Å². The fraction of sp³-hybridized carbons (Fsp3) is 0.346. The van der Waals surface area contributed by atoms with E-state index in [1.807, 2.05) is 12.1 Å². The van der Waals surface area contributed by atoms with Gasteiger partial charge >= 0.3 is 0 Å². The molecule has 0 radical (unpaired) electrons. The van der Waals surface area contributed by atoms with Crippen LogP contribution in [0.1, 0.15) is 50.3 Å². The van der Waals surface area contributed by atoms with Gasteiger partial charge in [0, 0.05) is 23.2 Å². The average molecular weight is 479 g/mol. The molecule has 2 heterocycles. The minimum Gasteiger partial charge on any atom is -0.486 e. The van der Waals surface area contributed by atoms with Crippen molar-refractivity contribution in [3.63, 3.8) is 0 Å². The molecule has 5 nitrogen and oxygen atoms in total. The van der Waals surface area contributed by atoms with Crippen LogP contribution >= 0.6 is 23.1 Å². The van der Waals surface area contributed by atoms with Gasteiger partial charge in [0.25, 0.3) is 0 Å². The van der Waals surface area contributed by atoms with Crippen molar-refractivity contribution >= 4 is 23.1 Å². The van der Waals surface area contributed by atoms with Crippen molar-refractivity contribution < 1.29 is 4.74 Å². The fourth-order valence-corrected chi connectivity index (χ4v) is 5.23. The largest absolute Gasteiger partial charge is 0.486 e. The quantitative estimate of drug-likeness (QED) is 0.258. The van der Waals surface area contributed by atoms with Gasteiger partial charge in [0.15, 0.2) is 11.0 Å². The van der Waals surface area contributed by atoms with E-state index in [0.717, 1.165) is 45.3 Å². The number of nitrogens with zero attached hydrogens (tertiary/aromatic N) is 4. The van der Waals surface area contributed by atoms with Crippen molar-refractivity contribution in [1.82, 2.24) is 19.7 Å². The molecular formula is C26H30N4OS2. The molecule has 7 heteroatoms. The van der Waals surface area contributed by atoms with Crippen LogP contribution in [0.15, 0.2) is 59.1 Å². The molecule has 33 heavy (non-hydrogen) atoms. The van der Waals surface area contributed by atoms with E-state index in [4.69, 9.17) is 9.72 Å². The summed E-state index contributed by atoms with van der Waals surface area (Å²) in [5, 5.41) is 12.9. The minimum atomic E-state index is 0.130. The van der Waals surface area contributed by atoms with Gasteiger partial charge in [0.1, 0.15) is 17.4 Å². The maximum absolute atomic E-state index is 6.00. The van der Waals surface area contributed by atoms with Gasteiger partial charge in [0.2, 0.25) is 0 Å². The smallest absolute Gasteiger partial charge is 0.191 e. The Morgan fingerprint density at radius 1 is 1.00 bits per heavy atom. The molecule has 0 aliphatic rings. The highest BCUT2D eigenvalue weighted by Gasteiger charge is 2.15. The van der Waals surface area contributed by atoms with Gasteiger partial charge in [-0.25, -0.2) is 4.98 Å². The van der Waals surface area contributed by atoms with E-state index in [1.54, 1.807) is 23.1 Å². The van der Waals surface area contributed by atoms with E-state index in [0.29, 0.717) is 6.61 Å². The summed E-state index contributed by atoms with van der Waals surface area (Å²) in [5.41, 5.74) is 4.90. The van der Waals surface area contributed by atoms with Crippen LogP contribution in [0.5, 0.6) is 5.75 Å². The Morgan fingerprint density at radius 3 is 2.39 bits per heavy atom. The number of hydrogen-bond donors (Lipinski definition) is 0. The SMILES string of the molecule is CCn1c(COc2ccc(C(C)(C)C)cc2)nnc1SCc1csc(-c2ccc(C)cc2)n1. The Labute approximate surface area is 204 Å². The molecule has 0 spiro atoms. The molecule has 0 bridgehead atoms. The Kier molecular flexibility index (Phi) is 7.20. The first kappa shape index (κ1) is 23.5. The lowest BCUT2D eigenvalue weighted by Crippen LogP contribution is -2.11. The molecule has 4 aromatic rings. The van der Waals surface area contributed by atoms with Crippen LogP contribution in [0.25, 0.3) is 10.6 Å². The van der Waals surface area contributed by atoms with Crippen LogP contribution in [-0.4, -0.2) is 19.7 Å². The zero-order valence-electron chi connectivity index (χ0n) is 19.8. The normalized spacial score (nSPS) is 11.7. The minimum absolute atomic E-state index is 0.130. The maximum atomic E-state index is 6.00. The Bertz CT molecular complexity index is 1190. The van der Waals surface area contributed by atoms with Crippen LogP contribution < -0.4 is 4.74 Å². The lowest BCUT2D eigenvalue weighted by atomic mass is 9.87. The van der Waals surface area contributed by atoms with E-state index in [1.165, 1.54) is 11.1 Å². The summed E-state index contributed by atoms with van der Waals surface area (Å²) in [6, 6.07) is 16.8. The molecule has 0 aliphatic heterocycles. The summed E-state index contributed by atoms with van der Waals surface area (Å²) in [6.45, 7) is 12.0. The zero-order chi connectivity index (χ0) is 23.4. The molecule has 0 fully saturated rings. The van der Waals surface area contributed by atoms with Gasteiger partial charge in [-0.05, 0) is 37.0 Å². The summed E-state index contributed by atoms with van der Waals surface area (Å²) in [6.07, 6.45) is 0. The highest BCUT2D eigenvalue weighted by molar-refractivity contribution is 7.98. The number of hydrogen-bond acceptors (Lipinski definition) is 6. The first-order chi connectivity index (χ1) is 15.8. The molecule has 0 N–H and O–H groups in total.